The Morgan fingerprint density at radius 3 is 3.00 bits per heavy atom. The van der Waals surface area contributed by atoms with Crippen LogP contribution in [0.3, 0.4) is 0 Å². The molecule has 0 amide bonds. The first-order chi connectivity index (χ1) is 7.23. The summed E-state index contributed by atoms with van der Waals surface area (Å²) in [7, 11) is 0. The molecule has 15 heavy (non-hydrogen) atoms. The van der Waals surface area contributed by atoms with Crippen molar-refractivity contribution in [3.05, 3.63) is 0 Å². The normalized spacial score (nSPS) is 38.3. The molecule has 0 heterocycles. The van der Waals surface area contributed by atoms with Gasteiger partial charge in [-0.25, -0.2) is 4.79 Å². The van der Waals surface area contributed by atoms with E-state index in [1.807, 2.05) is 0 Å². The highest BCUT2D eigenvalue weighted by atomic mass is 17.1. The Bertz CT molecular complexity index is 251. The zero-order valence-electron chi connectivity index (χ0n) is 9.37. The number of hydrogen-bond donors (Lipinski definition) is 1. The van der Waals surface area contributed by atoms with E-state index in [-0.39, 0.29) is 11.4 Å². The maximum atomic E-state index is 11.7. The molecule has 2 rings (SSSR count). The predicted octanol–water partition coefficient (Wildman–Crippen LogP) is 3.00. The van der Waals surface area contributed by atoms with E-state index in [0.717, 1.165) is 32.1 Å². The number of rotatable bonds is 4. The summed E-state index contributed by atoms with van der Waals surface area (Å²) in [5, 5.41) is 8.60. The van der Waals surface area contributed by atoms with Crippen LogP contribution in [0.5, 0.6) is 0 Å². The van der Waals surface area contributed by atoms with E-state index in [0.29, 0.717) is 11.8 Å². The third-order valence-electron chi connectivity index (χ3n) is 4.45. The van der Waals surface area contributed by atoms with Gasteiger partial charge >= 0.3 is 5.97 Å². The van der Waals surface area contributed by atoms with Crippen LogP contribution in [0.1, 0.15) is 51.9 Å². The summed E-state index contributed by atoms with van der Waals surface area (Å²) in [6.45, 7) is 2.17. The van der Waals surface area contributed by atoms with Gasteiger partial charge in [0.2, 0.25) is 0 Å². The molecule has 1 N–H and O–H groups in total. The minimum Gasteiger partial charge on any atom is -0.300 e. The Kier molecular flexibility index (Phi) is 3.01. The van der Waals surface area contributed by atoms with Gasteiger partial charge < -0.3 is 4.89 Å². The monoisotopic (exact) mass is 212 g/mol. The van der Waals surface area contributed by atoms with Gasteiger partial charge in [-0.15, -0.1) is 0 Å². The molecule has 3 unspecified atom stereocenters. The topological polar surface area (TPSA) is 46.5 Å². The second-order valence-electron chi connectivity index (χ2n) is 5.22. The number of carbonyl (C=O) groups is 1. The van der Waals surface area contributed by atoms with Gasteiger partial charge in [-0.05, 0) is 43.9 Å². The number of carbonyl (C=O) groups excluding carboxylic acids is 1. The van der Waals surface area contributed by atoms with Crippen LogP contribution >= 0.6 is 0 Å². The zero-order valence-corrected chi connectivity index (χ0v) is 9.37. The van der Waals surface area contributed by atoms with Crippen molar-refractivity contribution >= 4 is 5.97 Å². The quantitative estimate of drug-likeness (QED) is 0.575. The van der Waals surface area contributed by atoms with Crippen molar-refractivity contribution in [3.63, 3.8) is 0 Å². The second-order valence-corrected chi connectivity index (χ2v) is 5.22. The zero-order chi connectivity index (χ0) is 10.9. The van der Waals surface area contributed by atoms with Gasteiger partial charge in [-0.1, -0.05) is 19.8 Å². The lowest BCUT2D eigenvalue weighted by Crippen LogP contribution is -2.35. The fraction of sp³-hybridized carbons (Fsp3) is 0.917. The molecule has 2 aliphatic rings. The molecule has 86 valence electrons. The van der Waals surface area contributed by atoms with Crippen LogP contribution < -0.4 is 0 Å². The van der Waals surface area contributed by atoms with Crippen molar-refractivity contribution in [2.24, 2.45) is 17.3 Å². The van der Waals surface area contributed by atoms with Crippen molar-refractivity contribution in [3.8, 4) is 0 Å². The van der Waals surface area contributed by atoms with Crippen molar-refractivity contribution in [1.29, 1.82) is 0 Å². The van der Waals surface area contributed by atoms with Gasteiger partial charge in [-0.3, -0.25) is 0 Å². The van der Waals surface area contributed by atoms with E-state index in [1.54, 1.807) is 0 Å². The third kappa shape index (κ3) is 1.67. The highest BCUT2D eigenvalue weighted by Gasteiger charge is 2.57. The lowest BCUT2D eigenvalue weighted by Gasteiger charge is -2.31. The van der Waals surface area contributed by atoms with Gasteiger partial charge in [-0.2, -0.15) is 5.26 Å². The average molecular weight is 212 g/mol. The fourth-order valence-electron chi connectivity index (χ4n) is 3.67. The third-order valence-corrected chi connectivity index (χ3v) is 4.45. The Hall–Kier alpha value is -0.570. The first-order valence-corrected chi connectivity index (χ1v) is 6.08. The summed E-state index contributed by atoms with van der Waals surface area (Å²) in [6, 6.07) is 0. The molecule has 3 atom stereocenters. The minimum atomic E-state index is -0.372. The van der Waals surface area contributed by atoms with Gasteiger partial charge in [0.15, 0.2) is 0 Å². The molecule has 2 fully saturated rings. The Morgan fingerprint density at radius 2 is 2.40 bits per heavy atom. The van der Waals surface area contributed by atoms with Crippen LogP contribution in [0.25, 0.3) is 0 Å². The maximum absolute atomic E-state index is 11.7. The highest BCUT2D eigenvalue weighted by Crippen LogP contribution is 2.59. The van der Waals surface area contributed by atoms with Gasteiger partial charge in [0, 0.05) is 0 Å². The molecule has 2 saturated carbocycles. The smallest absolute Gasteiger partial charge is 0.300 e. The molecule has 0 aromatic rings. The average Bonchev–Trinajstić information content (AvgIpc) is 2.83. The fourth-order valence-corrected chi connectivity index (χ4v) is 3.67. The lowest BCUT2D eigenvalue weighted by atomic mass is 9.73. The van der Waals surface area contributed by atoms with Crippen LogP contribution in [0, 0.1) is 17.3 Å². The van der Waals surface area contributed by atoms with Crippen molar-refractivity contribution in [2.75, 3.05) is 0 Å². The predicted molar refractivity (Wildman–Crippen MR) is 56.1 cm³/mol. The summed E-state index contributed by atoms with van der Waals surface area (Å²) < 4.78 is 0. The Balaban J connectivity index is 2.08. The summed E-state index contributed by atoms with van der Waals surface area (Å²) in [6.07, 6.45) is 7.63. The largest absolute Gasteiger partial charge is 0.348 e. The molecular formula is C12H20O3. The molecule has 3 nitrogen and oxygen atoms in total. The van der Waals surface area contributed by atoms with E-state index in [4.69, 9.17) is 5.26 Å². The molecular weight excluding hydrogens is 192 g/mol. The van der Waals surface area contributed by atoms with Crippen molar-refractivity contribution in [1.82, 2.24) is 0 Å². The van der Waals surface area contributed by atoms with Crippen molar-refractivity contribution in [2.45, 2.75) is 51.9 Å². The number of fused-ring (bicyclic) bond motifs is 2. The molecule has 0 aliphatic heterocycles. The summed E-state index contributed by atoms with van der Waals surface area (Å²) >= 11 is 0. The van der Waals surface area contributed by atoms with Crippen LogP contribution in [-0.2, 0) is 9.68 Å². The molecule has 3 heteroatoms. The first-order valence-electron chi connectivity index (χ1n) is 6.08. The van der Waals surface area contributed by atoms with Crippen LogP contribution in [0.4, 0.5) is 0 Å². The molecule has 0 saturated heterocycles. The minimum absolute atomic E-state index is 0.325. The molecule has 0 aromatic heterocycles. The second kappa shape index (κ2) is 4.12. The lowest BCUT2D eigenvalue weighted by molar-refractivity contribution is -0.247. The van der Waals surface area contributed by atoms with Crippen LogP contribution in [0.15, 0.2) is 0 Å². The maximum Gasteiger partial charge on any atom is 0.348 e. The van der Waals surface area contributed by atoms with E-state index in [2.05, 4.69) is 11.8 Å². The van der Waals surface area contributed by atoms with Gasteiger partial charge in [0.25, 0.3) is 0 Å². The Labute approximate surface area is 90.7 Å². The highest BCUT2D eigenvalue weighted by molar-refractivity contribution is 5.77. The number of hydrogen-bond acceptors (Lipinski definition) is 3. The Morgan fingerprint density at radius 1 is 1.60 bits per heavy atom. The molecule has 2 aliphatic carbocycles. The summed E-state index contributed by atoms with van der Waals surface area (Å²) in [5.41, 5.74) is -0.325. The molecule has 0 radical (unpaired) electrons. The van der Waals surface area contributed by atoms with E-state index in [1.165, 1.54) is 12.8 Å². The summed E-state index contributed by atoms with van der Waals surface area (Å²) in [4.78, 5) is 15.7. The standard InChI is InChI=1S/C12H20O3/c1-2-3-4-10-7-9-5-6-12(10,8-9)11(13)15-14/h9-10,14H,2-8H2,1H3. The van der Waals surface area contributed by atoms with Gasteiger partial charge in [0.05, 0.1) is 5.41 Å². The molecule has 0 aromatic carbocycles. The van der Waals surface area contributed by atoms with E-state index < -0.39 is 0 Å². The van der Waals surface area contributed by atoms with Crippen LogP contribution in [0.2, 0.25) is 0 Å². The summed E-state index contributed by atoms with van der Waals surface area (Å²) in [5.74, 6) is 0.783. The first kappa shape index (κ1) is 10.9. The van der Waals surface area contributed by atoms with Crippen LogP contribution in [-0.4, -0.2) is 11.2 Å². The molecule has 0 spiro atoms. The van der Waals surface area contributed by atoms with Gasteiger partial charge in [0.1, 0.15) is 0 Å². The molecule has 2 bridgehead atoms. The SMILES string of the molecule is CCCCC1CC2CCC1(C(=O)OO)C2. The van der Waals surface area contributed by atoms with E-state index >= 15 is 0 Å². The van der Waals surface area contributed by atoms with Crippen molar-refractivity contribution < 1.29 is 14.9 Å². The van der Waals surface area contributed by atoms with E-state index in [9.17, 15) is 4.79 Å². The number of unbranched alkanes of at least 4 members (excludes halogenated alkanes) is 1.